The number of benzene rings is 1. The largest absolute Gasteiger partial charge is 0.444 e. The molecular formula is C21H26N2O3. The molecule has 1 fully saturated rings. The Morgan fingerprint density at radius 1 is 1.27 bits per heavy atom. The van der Waals surface area contributed by atoms with Gasteiger partial charge in [-0.05, 0) is 49.9 Å². The van der Waals surface area contributed by atoms with Crippen LogP contribution in [0, 0.1) is 0 Å². The standard InChI is InChI=1S/C21H26N2O3/c1-21(2,3)26-20(24)23-10-11-25-15-19(23)13-16-6-4-7-17(12-16)18-8-5-9-22-14-18/h4-9,12,14,19H,10-11,13,15H2,1-3H3. The van der Waals surface area contributed by atoms with E-state index in [-0.39, 0.29) is 12.1 Å². The van der Waals surface area contributed by atoms with Gasteiger partial charge in [0, 0.05) is 18.9 Å². The minimum Gasteiger partial charge on any atom is -0.444 e. The van der Waals surface area contributed by atoms with Crippen LogP contribution in [0.3, 0.4) is 0 Å². The van der Waals surface area contributed by atoms with Gasteiger partial charge in [-0.3, -0.25) is 4.98 Å². The first-order valence-electron chi connectivity index (χ1n) is 8.99. The molecular weight excluding hydrogens is 328 g/mol. The first-order valence-corrected chi connectivity index (χ1v) is 8.99. The molecule has 0 spiro atoms. The molecule has 2 heterocycles. The topological polar surface area (TPSA) is 51.7 Å². The summed E-state index contributed by atoms with van der Waals surface area (Å²) < 4.78 is 11.2. The summed E-state index contributed by atoms with van der Waals surface area (Å²) in [4.78, 5) is 18.5. The van der Waals surface area contributed by atoms with E-state index in [0.717, 1.165) is 23.1 Å². The van der Waals surface area contributed by atoms with E-state index in [4.69, 9.17) is 9.47 Å². The molecule has 1 aliphatic rings. The number of morpholine rings is 1. The molecule has 1 aromatic heterocycles. The molecule has 1 aliphatic heterocycles. The van der Waals surface area contributed by atoms with E-state index in [1.165, 1.54) is 0 Å². The van der Waals surface area contributed by atoms with Crippen molar-refractivity contribution in [1.82, 2.24) is 9.88 Å². The van der Waals surface area contributed by atoms with Crippen LogP contribution < -0.4 is 0 Å². The van der Waals surface area contributed by atoms with Crippen molar-refractivity contribution >= 4 is 6.09 Å². The maximum atomic E-state index is 12.5. The van der Waals surface area contributed by atoms with Crippen molar-refractivity contribution in [3.63, 3.8) is 0 Å². The summed E-state index contributed by atoms with van der Waals surface area (Å²) in [6.45, 7) is 7.29. The van der Waals surface area contributed by atoms with Crippen LogP contribution in [0.4, 0.5) is 4.79 Å². The molecule has 5 heteroatoms. The van der Waals surface area contributed by atoms with Gasteiger partial charge >= 0.3 is 6.09 Å². The van der Waals surface area contributed by atoms with E-state index in [1.807, 2.05) is 45.2 Å². The van der Waals surface area contributed by atoms with Crippen LogP contribution in [-0.2, 0) is 15.9 Å². The second-order valence-corrected chi connectivity index (χ2v) is 7.55. The maximum Gasteiger partial charge on any atom is 0.410 e. The highest BCUT2D eigenvalue weighted by Crippen LogP contribution is 2.22. The molecule has 3 rings (SSSR count). The summed E-state index contributed by atoms with van der Waals surface area (Å²) in [7, 11) is 0. The van der Waals surface area contributed by atoms with Crippen LogP contribution in [0.5, 0.6) is 0 Å². The summed E-state index contributed by atoms with van der Waals surface area (Å²) in [5, 5.41) is 0. The summed E-state index contributed by atoms with van der Waals surface area (Å²) in [5.41, 5.74) is 2.87. The summed E-state index contributed by atoms with van der Waals surface area (Å²) >= 11 is 0. The highest BCUT2D eigenvalue weighted by atomic mass is 16.6. The van der Waals surface area contributed by atoms with Crippen molar-refractivity contribution in [3.8, 4) is 11.1 Å². The second kappa shape index (κ2) is 7.87. The molecule has 0 radical (unpaired) electrons. The molecule has 0 N–H and O–H groups in total. The number of rotatable bonds is 3. The third kappa shape index (κ3) is 4.82. The number of ether oxygens (including phenoxy) is 2. The van der Waals surface area contributed by atoms with Gasteiger partial charge in [-0.15, -0.1) is 0 Å². The minimum atomic E-state index is -0.500. The molecule has 0 saturated carbocycles. The van der Waals surface area contributed by atoms with Crippen LogP contribution in [0.1, 0.15) is 26.3 Å². The maximum absolute atomic E-state index is 12.5. The van der Waals surface area contributed by atoms with Gasteiger partial charge < -0.3 is 14.4 Å². The van der Waals surface area contributed by atoms with Gasteiger partial charge in [-0.25, -0.2) is 4.79 Å². The lowest BCUT2D eigenvalue weighted by Gasteiger charge is -2.36. The second-order valence-electron chi connectivity index (χ2n) is 7.55. The molecule has 0 bridgehead atoms. The van der Waals surface area contributed by atoms with Crippen LogP contribution in [0.2, 0.25) is 0 Å². The minimum absolute atomic E-state index is 0.0252. The van der Waals surface area contributed by atoms with Crippen LogP contribution in [0.15, 0.2) is 48.8 Å². The summed E-state index contributed by atoms with van der Waals surface area (Å²) in [5.74, 6) is 0. The van der Waals surface area contributed by atoms with Gasteiger partial charge in [0.2, 0.25) is 0 Å². The first-order chi connectivity index (χ1) is 12.4. The zero-order chi connectivity index (χ0) is 18.6. The number of pyridine rings is 1. The highest BCUT2D eigenvalue weighted by molar-refractivity contribution is 5.69. The van der Waals surface area contributed by atoms with E-state index in [2.05, 4.69) is 23.2 Å². The lowest BCUT2D eigenvalue weighted by molar-refractivity contribution is -0.0319. The first kappa shape index (κ1) is 18.4. The molecule has 5 nitrogen and oxygen atoms in total. The Morgan fingerprint density at radius 3 is 2.81 bits per heavy atom. The Bertz CT molecular complexity index is 740. The predicted molar refractivity (Wildman–Crippen MR) is 101 cm³/mol. The summed E-state index contributed by atoms with van der Waals surface area (Å²) in [6, 6.07) is 12.3. The van der Waals surface area contributed by atoms with E-state index in [0.29, 0.717) is 19.8 Å². The van der Waals surface area contributed by atoms with Gasteiger partial charge in [0.1, 0.15) is 5.60 Å². The van der Waals surface area contributed by atoms with E-state index in [1.54, 1.807) is 11.1 Å². The zero-order valence-electron chi connectivity index (χ0n) is 15.6. The fraction of sp³-hybridized carbons (Fsp3) is 0.429. The van der Waals surface area contributed by atoms with E-state index >= 15 is 0 Å². The third-order valence-electron chi connectivity index (χ3n) is 4.25. The molecule has 1 amide bonds. The van der Waals surface area contributed by atoms with Crippen molar-refractivity contribution in [2.75, 3.05) is 19.8 Å². The Kier molecular flexibility index (Phi) is 5.57. The monoisotopic (exact) mass is 354 g/mol. The van der Waals surface area contributed by atoms with Crippen molar-refractivity contribution in [1.29, 1.82) is 0 Å². The molecule has 26 heavy (non-hydrogen) atoms. The molecule has 1 aromatic carbocycles. The predicted octanol–water partition coefficient (Wildman–Crippen LogP) is 3.93. The van der Waals surface area contributed by atoms with E-state index in [9.17, 15) is 4.79 Å². The molecule has 138 valence electrons. The summed E-state index contributed by atoms with van der Waals surface area (Å²) in [6.07, 6.45) is 4.09. The molecule has 1 atom stereocenters. The third-order valence-corrected chi connectivity index (χ3v) is 4.25. The van der Waals surface area contributed by atoms with E-state index < -0.39 is 5.60 Å². The van der Waals surface area contributed by atoms with Gasteiger partial charge in [-0.2, -0.15) is 0 Å². The van der Waals surface area contributed by atoms with Gasteiger partial charge in [-0.1, -0.05) is 30.3 Å². The van der Waals surface area contributed by atoms with Crippen molar-refractivity contribution in [3.05, 3.63) is 54.4 Å². The quantitative estimate of drug-likeness (QED) is 0.838. The van der Waals surface area contributed by atoms with Gasteiger partial charge in [0.05, 0.1) is 19.3 Å². The number of carbonyl (C=O) groups is 1. The Morgan fingerprint density at radius 2 is 2.08 bits per heavy atom. The number of nitrogens with zero attached hydrogens (tertiary/aromatic N) is 2. The number of amides is 1. The smallest absolute Gasteiger partial charge is 0.410 e. The normalized spacial score (nSPS) is 17.8. The molecule has 1 saturated heterocycles. The number of carbonyl (C=O) groups excluding carboxylic acids is 1. The SMILES string of the molecule is CC(C)(C)OC(=O)N1CCOCC1Cc1cccc(-c2cccnc2)c1. The molecule has 0 aliphatic carbocycles. The number of hydrogen-bond donors (Lipinski definition) is 0. The van der Waals surface area contributed by atoms with Gasteiger partial charge in [0.15, 0.2) is 0 Å². The van der Waals surface area contributed by atoms with Gasteiger partial charge in [0.25, 0.3) is 0 Å². The Hall–Kier alpha value is -2.40. The van der Waals surface area contributed by atoms with Crippen molar-refractivity contribution in [2.24, 2.45) is 0 Å². The van der Waals surface area contributed by atoms with Crippen LogP contribution >= 0.6 is 0 Å². The lowest BCUT2D eigenvalue weighted by Crippen LogP contribution is -2.51. The number of aromatic nitrogens is 1. The zero-order valence-corrected chi connectivity index (χ0v) is 15.6. The lowest BCUT2D eigenvalue weighted by atomic mass is 9.99. The Balaban J connectivity index is 1.75. The number of hydrogen-bond acceptors (Lipinski definition) is 4. The van der Waals surface area contributed by atoms with Crippen molar-refractivity contribution in [2.45, 2.75) is 38.8 Å². The van der Waals surface area contributed by atoms with Crippen molar-refractivity contribution < 1.29 is 14.3 Å². The average molecular weight is 354 g/mol. The van der Waals surface area contributed by atoms with Crippen LogP contribution in [-0.4, -0.2) is 47.4 Å². The van der Waals surface area contributed by atoms with Crippen LogP contribution in [0.25, 0.3) is 11.1 Å². The highest BCUT2D eigenvalue weighted by Gasteiger charge is 2.31. The molecule has 1 unspecified atom stereocenters. The average Bonchev–Trinajstić information content (AvgIpc) is 2.62. The Labute approximate surface area is 155 Å². The molecule has 2 aromatic rings. The fourth-order valence-electron chi connectivity index (χ4n) is 3.07. The fourth-order valence-corrected chi connectivity index (χ4v) is 3.07.